The summed E-state index contributed by atoms with van der Waals surface area (Å²) in [6.07, 6.45) is 2.94. The van der Waals surface area contributed by atoms with Crippen LogP contribution < -0.4 is 0 Å². The highest BCUT2D eigenvalue weighted by atomic mass is 32.2. The summed E-state index contributed by atoms with van der Waals surface area (Å²) in [6, 6.07) is 2.17. The second-order valence-corrected chi connectivity index (χ2v) is 5.08. The Balaban J connectivity index is 2.47. The number of nitrogens with one attached hydrogen (secondary N) is 1. The molecule has 0 aliphatic rings. The minimum Gasteiger partial charge on any atom is -0.328 e. The Morgan fingerprint density at radius 2 is 2.18 bits per heavy atom. The summed E-state index contributed by atoms with van der Waals surface area (Å²) in [5, 5.41) is 0. The molecule has 0 spiro atoms. The van der Waals surface area contributed by atoms with Gasteiger partial charge in [-0.2, -0.15) is 11.8 Å². The number of aromatic nitrogens is 2. The molecule has 0 aliphatic heterocycles. The zero-order valence-corrected chi connectivity index (χ0v) is 10.9. The zero-order valence-electron chi connectivity index (χ0n) is 9.30. The number of fused-ring (bicyclic) bond motifs is 1. The number of imidazole rings is 1. The lowest BCUT2D eigenvalue weighted by molar-refractivity contribution is 0.589. The Morgan fingerprint density at radius 1 is 1.41 bits per heavy atom. The predicted molar refractivity (Wildman–Crippen MR) is 70.0 cm³/mol. The Hall–Kier alpha value is -0.880. The van der Waals surface area contributed by atoms with Crippen LogP contribution in [0, 0.1) is 16.4 Å². The van der Waals surface area contributed by atoms with Crippen LogP contribution in [-0.4, -0.2) is 21.6 Å². The van der Waals surface area contributed by atoms with Crippen molar-refractivity contribution < 1.29 is 8.78 Å². The van der Waals surface area contributed by atoms with Crippen LogP contribution in [0.2, 0.25) is 0 Å². The van der Waals surface area contributed by atoms with Gasteiger partial charge in [0.1, 0.15) is 11.3 Å². The lowest BCUT2D eigenvalue weighted by Crippen LogP contribution is -1.99. The molecular weight excluding hydrogens is 262 g/mol. The largest absolute Gasteiger partial charge is 0.328 e. The highest BCUT2D eigenvalue weighted by molar-refractivity contribution is 7.98. The Morgan fingerprint density at radius 3 is 2.88 bits per heavy atom. The summed E-state index contributed by atoms with van der Waals surface area (Å²) in [5.74, 6) is -0.191. The normalized spacial score (nSPS) is 11.2. The molecule has 2 rings (SSSR count). The molecule has 2 aromatic rings. The van der Waals surface area contributed by atoms with Gasteiger partial charge < -0.3 is 9.55 Å². The first-order valence-corrected chi connectivity index (χ1v) is 7.00. The first-order chi connectivity index (χ1) is 8.13. The number of rotatable bonds is 4. The van der Waals surface area contributed by atoms with Gasteiger partial charge in [0.2, 0.25) is 0 Å². The maximum Gasteiger partial charge on any atom is 0.178 e. The fourth-order valence-electron chi connectivity index (χ4n) is 1.77. The summed E-state index contributed by atoms with van der Waals surface area (Å²) < 4.78 is 28.8. The molecule has 6 heteroatoms. The fraction of sp³-hybridized carbons (Fsp3) is 0.364. The average molecular weight is 274 g/mol. The van der Waals surface area contributed by atoms with Gasteiger partial charge in [-0.05, 0) is 36.7 Å². The van der Waals surface area contributed by atoms with Gasteiger partial charge in [-0.1, -0.05) is 0 Å². The van der Waals surface area contributed by atoms with Gasteiger partial charge in [-0.25, -0.2) is 8.78 Å². The molecule has 0 saturated carbocycles. The zero-order chi connectivity index (χ0) is 12.4. The van der Waals surface area contributed by atoms with E-state index in [4.69, 9.17) is 12.2 Å². The van der Waals surface area contributed by atoms with E-state index >= 15 is 0 Å². The number of nitrogens with zero attached hydrogens (tertiary/aromatic N) is 1. The lowest BCUT2D eigenvalue weighted by Gasteiger charge is -2.03. The molecule has 0 atom stereocenters. The second-order valence-electron chi connectivity index (χ2n) is 3.71. The minimum atomic E-state index is -0.602. The molecule has 0 bridgehead atoms. The standard InChI is InChI=1S/C11H12F2N2S2/c1-17-4-2-3-15-9-6-7(12)5-8(13)10(9)14-11(15)16/h5-6H,2-4H2,1H3,(H,14,16). The molecule has 2 nitrogen and oxygen atoms in total. The quantitative estimate of drug-likeness (QED) is 0.677. The molecule has 0 unspecified atom stereocenters. The summed E-state index contributed by atoms with van der Waals surface area (Å²) >= 11 is 6.85. The second kappa shape index (κ2) is 5.18. The fourth-order valence-corrected chi connectivity index (χ4v) is 2.48. The van der Waals surface area contributed by atoms with Gasteiger partial charge in [-0.15, -0.1) is 0 Å². The third-order valence-electron chi connectivity index (χ3n) is 2.53. The first kappa shape index (κ1) is 12.6. The Kier molecular flexibility index (Phi) is 3.83. The Labute approximate surface area is 107 Å². The maximum absolute atomic E-state index is 13.5. The maximum atomic E-state index is 13.5. The number of aromatic amines is 1. The number of halogens is 2. The van der Waals surface area contributed by atoms with Gasteiger partial charge in [0, 0.05) is 12.6 Å². The molecule has 0 saturated heterocycles. The van der Waals surface area contributed by atoms with Crippen molar-refractivity contribution in [1.29, 1.82) is 0 Å². The third kappa shape index (κ3) is 2.52. The van der Waals surface area contributed by atoms with E-state index in [1.807, 2.05) is 6.26 Å². The van der Waals surface area contributed by atoms with Crippen molar-refractivity contribution in [1.82, 2.24) is 9.55 Å². The smallest absolute Gasteiger partial charge is 0.178 e. The summed E-state index contributed by atoms with van der Waals surface area (Å²) in [5.41, 5.74) is 0.772. The van der Waals surface area contributed by atoms with Crippen LogP contribution in [0.15, 0.2) is 12.1 Å². The van der Waals surface area contributed by atoms with Crippen LogP contribution in [-0.2, 0) is 6.54 Å². The van der Waals surface area contributed by atoms with E-state index in [-0.39, 0.29) is 5.52 Å². The molecule has 1 aromatic heterocycles. The van der Waals surface area contributed by atoms with E-state index < -0.39 is 11.6 Å². The number of benzene rings is 1. The molecule has 0 radical (unpaired) electrons. The molecule has 0 amide bonds. The molecule has 92 valence electrons. The van der Waals surface area contributed by atoms with Crippen molar-refractivity contribution in [2.45, 2.75) is 13.0 Å². The molecule has 1 N–H and O–H groups in total. The van der Waals surface area contributed by atoms with Gasteiger partial charge >= 0.3 is 0 Å². The van der Waals surface area contributed by atoms with Crippen LogP contribution in [0.1, 0.15) is 6.42 Å². The van der Waals surface area contributed by atoms with Gasteiger partial charge in [0.25, 0.3) is 0 Å². The van der Waals surface area contributed by atoms with Gasteiger partial charge in [-0.3, -0.25) is 0 Å². The molecule has 0 fully saturated rings. The number of H-pyrrole nitrogens is 1. The van der Waals surface area contributed by atoms with E-state index in [0.717, 1.165) is 18.2 Å². The monoisotopic (exact) mass is 274 g/mol. The van der Waals surface area contributed by atoms with Crippen molar-refractivity contribution >= 4 is 35.0 Å². The van der Waals surface area contributed by atoms with Gasteiger partial charge in [0.15, 0.2) is 10.6 Å². The van der Waals surface area contributed by atoms with Crippen molar-refractivity contribution in [3.05, 3.63) is 28.5 Å². The number of hydrogen-bond acceptors (Lipinski definition) is 2. The molecule has 0 aliphatic carbocycles. The average Bonchev–Trinajstić information content (AvgIpc) is 2.57. The van der Waals surface area contributed by atoms with E-state index in [2.05, 4.69) is 4.98 Å². The summed E-state index contributed by atoms with van der Waals surface area (Å²) in [6.45, 7) is 0.669. The minimum absolute atomic E-state index is 0.278. The van der Waals surface area contributed by atoms with Crippen molar-refractivity contribution in [3.8, 4) is 0 Å². The SMILES string of the molecule is CSCCCn1c(=S)[nH]c2c(F)cc(F)cc21. The van der Waals surface area contributed by atoms with Crippen LogP contribution >= 0.6 is 24.0 Å². The Bertz CT molecular complexity index is 589. The lowest BCUT2D eigenvalue weighted by atomic mass is 10.3. The van der Waals surface area contributed by atoms with Crippen molar-refractivity contribution in [2.75, 3.05) is 12.0 Å². The topological polar surface area (TPSA) is 20.7 Å². The number of thioether (sulfide) groups is 1. The van der Waals surface area contributed by atoms with Crippen molar-refractivity contribution in [2.24, 2.45) is 0 Å². The predicted octanol–water partition coefficient (Wildman–Crippen LogP) is 3.73. The molecule has 1 heterocycles. The molecular formula is C11H12F2N2S2. The van der Waals surface area contributed by atoms with Gasteiger partial charge in [0.05, 0.1) is 5.52 Å². The number of hydrogen-bond donors (Lipinski definition) is 1. The summed E-state index contributed by atoms with van der Waals surface area (Å²) in [7, 11) is 0. The van der Waals surface area contributed by atoms with E-state index in [0.29, 0.717) is 16.8 Å². The highest BCUT2D eigenvalue weighted by Crippen LogP contribution is 2.19. The molecule has 1 aromatic carbocycles. The summed E-state index contributed by atoms with van der Waals surface area (Å²) in [4.78, 5) is 2.78. The van der Waals surface area contributed by atoms with Crippen LogP contribution in [0.25, 0.3) is 11.0 Å². The van der Waals surface area contributed by atoms with Crippen LogP contribution in [0.4, 0.5) is 8.78 Å². The molecule has 17 heavy (non-hydrogen) atoms. The first-order valence-electron chi connectivity index (χ1n) is 5.20. The van der Waals surface area contributed by atoms with E-state index in [1.165, 1.54) is 6.07 Å². The van der Waals surface area contributed by atoms with E-state index in [9.17, 15) is 8.78 Å². The highest BCUT2D eigenvalue weighted by Gasteiger charge is 2.10. The van der Waals surface area contributed by atoms with Crippen molar-refractivity contribution in [3.63, 3.8) is 0 Å². The van der Waals surface area contributed by atoms with Crippen LogP contribution in [0.5, 0.6) is 0 Å². The van der Waals surface area contributed by atoms with Crippen LogP contribution in [0.3, 0.4) is 0 Å². The number of aryl methyl sites for hydroxylation is 1. The third-order valence-corrected chi connectivity index (χ3v) is 3.55. The van der Waals surface area contributed by atoms with E-state index in [1.54, 1.807) is 16.3 Å².